The lowest BCUT2D eigenvalue weighted by molar-refractivity contribution is -0.134. The number of hydrogen-bond donors (Lipinski definition) is 2. The zero-order chi connectivity index (χ0) is 14.8. The Labute approximate surface area is 117 Å². The van der Waals surface area contributed by atoms with Gasteiger partial charge in [-0.05, 0) is 56.9 Å². The number of amides is 1. The highest BCUT2D eigenvalue weighted by molar-refractivity contribution is 5.84. The van der Waals surface area contributed by atoms with E-state index < -0.39 is 5.60 Å². The number of benzene rings is 1. The molecule has 1 fully saturated rings. The Morgan fingerprint density at radius 2 is 2.00 bits per heavy atom. The van der Waals surface area contributed by atoms with Crippen LogP contribution < -0.4 is 10.1 Å². The molecule has 0 saturated heterocycles. The van der Waals surface area contributed by atoms with Crippen molar-refractivity contribution in [2.45, 2.75) is 38.4 Å². The third-order valence-electron chi connectivity index (χ3n) is 3.50. The largest absolute Gasteiger partial charge is 0.478 e. The van der Waals surface area contributed by atoms with Crippen molar-refractivity contribution in [1.82, 2.24) is 5.32 Å². The third kappa shape index (κ3) is 3.70. The van der Waals surface area contributed by atoms with Gasteiger partial charge >= 0.3 is 0 Å². The fourth-order valence-electron chi connectivity index (χ4n) is 2.16. The number of ether oxygens (including phenoxy) is 1. The molecule has 110 valence electrons. The zero-order valence-corrected chi connectivity index (χ0v) is 11.7. The van der Waals surface area contributed by atoms with E-state index in [-0.39, 0.29) is 17.8 Å². The molecule has 1 saturated carbocycles. The second kappa shape index (κ2) is 5.79. The number of aliphatic hydroxyl groups excluding tert-OH is 1. The molecule has 0 atom stereocenters. The quantitative estimate of drug-likeness (QED) is 0.866. The summed E-state index contributed by atoms with van der Waals surface area (Å²) >= 11 is 0. The Morgan fingerprint density at radius 1 is 1.40 bits per heavy atom. The number of aliphatic hydroxyl groups is 1. The molecular weight excluding hydrogens is 261 g/mol. The molecule has 1 aromatic rings. The van der Waals surface area contributed by atoms with Gasteiger partial charge in [0.15, 0.2) is 5.60 Å². The van der Waals surface area contributed by atoms with Gasteiger partial charge in [0.2, 0.25) is 0 Å². The van der Waals surface area contributed by atoms with Crippen molar-refractivity contribution >= 4 is 5.91 Å². The minimum atomic E-state index is -1.03. The fourth-order valence-corrected chi connectivity index (χ4v) is 2.16. The molecule has 2 N–H and O–H groups in total. The topological polar surface area (TPSA) is 58.6 Å². The monoisotopic (exact) mass is 281 g/mol. The molecule has 1 aromatic carbocycles. The van der Waals surface area contributed by atoms with E-state index >= 15 is 0 Å². The van der Waals surface area contributed by atoms with E-state index in [1.807, 2.05) is 0 Å². The molecular formula is C15H20FNO3. The van der Waals surface area contributed by atoms with Crippen LogP contribution in [0.5, 0.6) is 5.75 Å². The molecule has 20 heavy (non-hydrogen) atoms. The van der Waals surface area contributed by atoms with Gasteiger partial charge < -0.3 is 15.2 Å². The first-order valence-electron chi connectivity index (χ1n) is 6.78. The van der Waals surface area contributed by atoms with Crippen LogP contribution in [0.4, 0.5) is 4.39 Å². The maximum absolute atomic E-state index is 12.8. The summed E-state index contributed by atoms with van der Waals surface area (Å²) in [7, 11) is 0. The summed E-state index contributed by atoms with van der Waals surface area (Å²) in [5, 5.41) is 12.0. The van der Waals surface area contributed by atoms with E-state index in [1.165, 1.54) is 24.3 Å². The number of rotatable bonds is 5. The maximum atomic E-state index is 12.8. The van der Waals surface area contributed by atoms with Gasteiger partial charge in [0.05, 0.1) is 6.10 Å². The summed E-state index contributed by atoms with van der Waals surface area (Å²) < 4.78 is 18.4. The Hall–Kier alpha value is -1.62. The Kier molecular flexibility index (Phi) is 4.28. The van der Waals surface area contributed by atoms with E-state index in [2.05, 4.69) is 5.32 Å². The molecule has 2 rings (SSSR count). The summed E-state index contributed by atoms with van der Waals surface area (Å²) in [6.07, 6.45) is 1.25. The lowest BCUT2D eigenvalue weighted by Crippen LogP contribution is -2.49. The summed E-state index contributed by atoms with van der Waals surface area (Å²) in [5.74, 6) is 0.229. The van der Waals surface area contributed by atoms with Gasteiger partial charge in [0, 0.05) is 6.54 Å². The Balaban J connectivity index is 1.85. The van der Waals surface area contributed by atoms with Gasteiger partial charge in [-0.15, -0.1) is 0 Å². The predicted octanol–water partition coefficient (Wildman–Crippen LogP) is 1.87. The summed E-state index contributed by atoms with van der Waals surface area (Å²) in [6.45, 7) is 3.88. The first kappa shape index (κ1) is 14.8. The first-order chi connectivity index (χ1) is 9.37. The lowest BCUT2D eigenvalue weighted by Gasteiger charge is -2.33. The number of halogens is 1. The van der Waals surface area contributed by atoms with Crippen molar-refractivity contribution in [2.24, 2.45) is 5.92 Å². The van der Waals surface area contributed by atoms with Crippen LogP contribution in [0, 0.1) is 11.7 Å². The van der Waals surface area contributed by atoms with Crippen LogP contribution in [0.3, 0.4) is 0 Å². The average Bonchev–Trinajstić information content (AvgIpc) is 2.35. The fraction of sp³-hybridized carbons (Fsp3) is 0.533. The number of nitrogens with one attached hydrogen (secondary N) is 1. The highest BCUT2D eigenvalue weighted by atomic mass is 19.1. The van der Waals surface area contributed by atoms with Crippen LogP contribution in [0.15, 0.2) is 24.3 Å². The van der Waals surface area contributed by atoms with Crippen molar-refractivity contribution in [3.8, 4) is 5.75 Å². The van der Waals surface area contributed by atoms with Gasteiger partial charge in [-0.1, -0.05) is 0 Å². The standard InChI is InChI=1S/C15H20FNO3/c1-15(2,20-13-5-3-11(16)4-6-13)14(19)17-9-10-7-12(18)8-10/h3-6,10,12,18H,7-9H2,1-2H3,(H,17,19). The van der Waals surface area contributed by atoms with Crippen molar-refractivity contribution in [2.75, 3.05) is 6.54 Å². The minimum Gasteiger partial charge on any atom is -0.478 e. The molecule has 0 radical (unpaired) electrons. The Bertz CT molecular complexity index is 467. The normalized spacial score (nSPS) is 22.0. The Morgan fingerprint density at radius 3 is 2.55 bits per heavy atom. The van der Waals surface area contributed by atoms with E-state index in [9.17, 15) is 14.3 Å². The number of carbonyl (C=O) groups is 1. The smallest absolute Gasteiger partial charge is 0.263 e. The van der Waals surface area contributed by atoms with Crippen LogP contribution in [-0.2, 0) is 4.79 Å². The second-order valence-electron chi connectivity index (χ2n) is 5.77. The molecule has 0 spiro atoms. The van der Waals surface area contributed by atoms with Gasteiger partial charge in [0.1, 0.15) is 11.6 Å². The minimum absolute atomic E-state index is 0.219. The van der Waals surface area contributed by atoms with Crippen LogP contribution in [0.1, 0.15) is 26.7 Å². The van der Waals surface area contributed by atoms with E-state index in [0.29, 0.717) is 18.2 Å². The predicted molar refractivity (Wildman–Crippen MR) is 72.8 cm³/mol. The first-order valence-corrected chi connectivity index (χ1v) is 6.78. The third-order valence-corrected chi connectivity index (χ3v) is 3.50. The van der Waals surface area contributed by atoms with Crippen molar-refractivity contribution in [3.63, 3.8) is 0 Å². The van der Waals surface area contributed by atoms with Crippen LogP contribution in [-0.4, -0.2) is 29.3 Å². The van der Waals surface area contributed by atoms with Crippen LogP contribution in [0.2, 0.25) is 0 Å². The zero-order valence-electron chi connectivity index (χ0n) is 11.7. The molecule has 0 unspecified atom stereocenters. The second-order valence-corrected chi connectivity index (χ2v) is 5.77. The van der Waals surface area contributed by atoms with E-state index in [0.717, 1.165) is 12.8 Å². The van der Waals surface area contributed by atoms with E-state index in [1.54, 1.807) is 13.8 Å². The molecule has 1 aliphatic carbocycles. The number of hydrogen-bond acceptors (Lipinski definition) is 3. The molecule has 0 bridgehead atoms. The maximum Gasteiger partial charge on any atom is 0.263 e. The molecule has 0 aromatic heterocycles. The molecule has 4 nitrogen and oxygen atoms in total. The lowest BCUT2D eigenvalue weighted by atomic mass is 9.82. The SMILES string of the molecule is CC(C)(Oc1ccc(F)cc1)C(=O)NCC1CC(O)C1. The highest BCUT2D eigenvalue weighted by Gasteiger charge is 2.32. The summed E-state index contributed by atoms with van der Waals surface area (Å²) in [4.78, 5) is 12.1. The average molecular weight is 281 g/mol. The highest BCUT2D eigenvalue weighted by Crippen LogP contribution is 2.26. The van der Waals surface area contributed by atoms with Crippen LogP contribution in [0.25, 0.3) is 0 Å². The van der Waals surface area contributed by atoms with Gasteiger partial charge in [-0.25, -0.2) is 4.39 Å². The van der Waals surface area contributed by atoms with Gasteiger partial charge in [-0.2, -0.15) is 0 Å². The number of carbonyl (C=O) groups excluding carboxylic acids is 1. The van der Waals surface area contributed by atoms with Gasteiger partial charge in [-0.3, -0.25) is 4.79 Å². The molecule has 0 heterocycles. The van der Waals surface area contributed by atoms with Crippen molar-refractivity contribution in [1.29, 1.82) is 0 Å². The molecule has 5 heteroatoms. The van der Waals surface area contributed by atoms with E-state index in [4.69, 9.17) is 4.74 Å². The molecule has 0 aliphatic heterocycles. The summed E-state index contributed by atoms with van der Waals surface area (Å²) in [5.41, 5.74) is -1.03. The van der Waals surface area contributed by atoms with Crippen molar-refractivity contribution in [3.05, 3.63) is 30.1 Å². The molecule has 1 amide bonds. The van der Waals surface area contributed by atoms with Crippen LogP contribution >= 0.6 is 0 Å². The summed E-state index contributed by atoms with van der Waals surface area (Å²) in [6, 6.07) is 5.57. The van der Waals surface area contributed by atoms with Crippen molar-refractivity contribution < 1.29 is 19.0 Å². The van der Waals surface area contributed by atoms with Gasteiger partial charge in [0.25, 0.3) is 5.91 Å². The molecule has 1 aliphatic rings.